The van der Waals surface area contributed by atoms with Crippen LogP contribution in [0.15, 0.2) is 28.7 Å². The zero-order chi connectivity index (χ0) is 16.8. The number of hydrogen-bond acceptors (Lipinski definition) is 3. The predicted octanol–water partition coefficient (Wildman–Crippen LogP) is 5.95. The number of carbonyl (C=O) groups is 1. The second-order valence-electron chi connectivity index (χ2n) is 5.93. The van der Waals surface area contributed by atoms with Crippen molar-refractivity contribution in [3.05, 3.63) is 34.3 Å². The molecular weight excluding hydrogens is 356 g/mol. The van der Waals surface area contributed by atoms with Crippen LogP contribution < -0.4 is 0 Å². The molecule has 4 heteroatoms. The summed E-state index contributed by atoms with van der Waals surface area (Å²) in [6.07, 6.45) is 7.04. The Kier molecular flexibility index (Phi) is 6.46. The first-order chi connectivity index (χ1) is 11.0. The summed E-state index contributed by atoms with van der Waals surface area (Å²) in [5.74, 6) is -0.646. The molecular formula is C19H23BrO3. The van der Waals surface area contributed by atoms with Crippen LogP contribution in [-0.2, 0) is 0 Å². The summed E-state index contributed by atoms with van der Waals surface area (Å²) >= 11 is 3.38. The molecule has 0 amide bonds. The molecule has 124 valence electrons. The molecule has 0 aromatic heterocycles. The SMILES string of the molecule is CCCCCCCCC(=O)c1cc2cc(Br)ccc2c(O)c1O. The van der Waals surface area contributed by atoms with E-state index >= 15 is 0 Å². The highest BCUT2D eigenvalue weighted by Crippen LogP contribution is 2.38. The van der Waals surface area contributed by atoms with Crippen molar-refractivity contribution in [3.8, 4) is 11.5 Å². The van der Waals surface area contributed by atoms with Crippen molar-refractivity contribution in [2.75, 3.05) is 0 Å². The lowest BCUT2D eigenvalue weighted by Gasteiger charge is -2.09. The van der Waals surface area contributed by atoms with Crippen LogP contribution in [0.2, 0.25) is 0 Å². The maximum Gasteiger partial charge on any atom is 0.169 e. The molecule has 0 aliphatic heterocycles. The van der Waals surface area contributed by atoms with Crippen molar-refractivity contribution in [3.63, 3.8) is 0 Å². The fraction of sp³-hybridized carbons (Fsp3) is 0.421. The molecule has 0 fully saturated rings. The molecule has 2 rings (SSSR count). The van der Waals surface area contributed by atoms with Crippen LogP contribution in [0.25, 0.3) is 10.8 Å². The Balaban J connectivity index is 2.09. The molecule has 0 aliphatic carbocycles. The Morgan fingerprint density at radius 2 is 1.70 bits per heavy atom. The molecule has 23 heavy (non-hydrogen) atoms. The topological polar surface area (TPSA) is 57.5 Å². The molecule has 2 aromatic rings. The second kappa shape index (κ2) is 8.34. The number of aromatic hydroxyl groups is 2. The Hall–Kier alpha value is -1.55. The van der Waals surface area contributed by atoms with E-state index in [2.05, 4.69) is 22.9 Å². The number of phenols is 2. The summed E-state index contributed by atoms with van der Waals surface area (Å²) in [6, 6.07) is 7.00. The Bertz CT molecular complexity index is 695. The number of Topliss-reactive ketones (excluding diaryl/α,β-unsaturated/α-hetero) is 1. The van der Waals surface area contributed by atoms with E-state index < -0.39 is 0 Å². The van der Waals surface area contributed by atoms with Gasteiger partial charge in [0.15, 0.2) is 17.3 Å². The number of fused-ring (bicyclic) bond motifs is 1. The molecule has 0 unspecified atom stereocenters. The lowest BCUT2D eigenvalue weighted by Crippen LogP contribution is -2.00. The fourth-order valence-electron chi connectivity index (χ4n) is 2.76. The van der Waals surface area contributed by atoms with Gasteiger partial charge in [-0.2, -0.15) is 0 Å². The number of carbonyl (C=O) groups excluding carboxylic acids is 1. The van der Waals surface area contributed by atoms with Crippen LogP contribution in [0, 0.1) is 0 Å². The largest absolute Gasteiger partial charge is 0.504 e. The van der Waals surface area contributed by atoms with Crippen LogP contribution in [0.1, 0.15) is 62.2 Å². The first-order valence-corrected chi connectivity index (χ1v) is 9.01. The third kappa shape index (κ3) is 4.47. The van der Waals surface area contributed by atoms with Crippen molar-refractivity contribution in [2.45, 2.75) is 51.9 Å². The van der Waals surface area contributed by atoms with Gasteiger partial charge in [0.2, 0.25) is 0 Å². The van der Waals surface area contributed by atoms with E-state index in [0.29, 0.717) is 11.8 Å². The summed E-state index contributed by atoms with van der Waals surface area (Å²) in [6.45, 7) is 2.18. The van der Waals surface area contributed by atoms with Gasteiger partial charge in [0.05, 0.1) is 5.56 Å². The minimum atomic E-state index is -0.309. The average molecular weight is 379 g/mol. The first kappa shape index (κ1) is 17.8. The van der Waals surface area contributed by atoms with Gasteiger partial charge < -0.3 is 10.2 Å². The number of phenolic OH excluding ortho intramolecular Hbond substituents is 2. The number of halogens is 1. The maximum absolute atomic E-state index is 12.4. The summed E-state index contributed by atoms with van der Waals surface area (Å²) in [5, 5.41) is 21.5. The lowest BCUT2D eigenvalue weighted by molar-refractivity contribution is 0.0976. The normalized spacial score (nSPS) is 11.0. The minimum Gasteiger partial charge on any atom is -0.504 e. The molecule has 0 atom stereocenters. The van der Waals surface area contributed by atoms with Gasteiger partial charge in [-0.25, -0.2) is 0 Å². The minimum absolute atomic E-state index is 0.116. The predicted molar refractivity (Wildman–Crippen MR) is 97.3 cm³/mol. The van der Waals surface area contributed by atoms with E-state index in [0.717, 1.165) is 29.1 Å². The van der Waals surface area contributed by atoms with Gasteiger partial charge in [0, 0.05) is 16.3 Å². The van der Waals surface area contributed by atoms with E-state index in [-0.39, 0.29) is 22.8 Å². The molecule has 0 bridgehead atoms. The monoisotopic (exact) mass is 378 g/mol. The number of unbranched alkanes of at least 4 members (excludes halogenated alkanes) is 5. The zero-order valence-corrected chi connectivity index (χ0v) is 15.0. The van der Waals surface area contributed by atoms with Gasteiger partial charge in [-0.1, -0.05) is 55.0 Å². The highest BCUT2D eigenvalue weighted by molar-refractivity contribution is 9.10. The maximum atomic E-state index is 12.4. The van der Waals surface area contributed by atoms with Crippen molar-refractivity contribution in [1.82, 2.24) is 0 Å². The summed E-state index contributed by atoms with van der Waals surface area (Å²) < 4.78 is 0.865. The molecule has 0 saturated carbocycles. The molecule has 0 heterocycles. The van der Waals surface area contributed by atoms with E-state index in [1.54, 1.807) is 18.2 Å². The number of ketones is 1. The van der Waals surface area contributed by atoms with E-state index in [1.165, 1.54) is 19.3 Å². The van der Waals surface area contributed by atoms with Crippen molar-refractivity contribution >= 4 is 32.5 Å². The third-order valence-corrected chi connectivity index (χ3v) is 4.60. The molecule has 0 aliphatic rings. The van der Waals surface area contributed by atoms with Gasteiger partial charge in [0.25, 0.3) is 0 Å². The third-order valence-electron chi connectivity index (χ3n) is 4.11. The standard InChI is InChI=1S/C19H23BrO3/c1-2-3-4-5-6-7-8-17(21)16-12-13-11-14(20)9-10-15(13)18(22)19(16)23/h9-12,22-23H,2-8H2,1H3. The van der Waals surface area contributed by atoms with Gasteiger partial charge >= 0.3 is 0 Å². The highest BCUT2D eigenvalue weighted by atomic mass is 79.9. The van der Waals surface area contributed by atoms with Crippen molar-refractivity contribution in [2.24, 2.45) is 0 Å². The number of rotatable bonds is 8. The summed E-state index contributed by atoms with van der Waals surface area (Å²) in [5.41, 5.74) is 0.210. The van der Waals surface area contributed by atoms with Crippen LogP contribution in [0.3, 0.4) is 0 Å². The lowest BCUT2D eigenvalue weighted by atomic mass is 9.98. The quantitative estimate of drug-likeness (QED) is 0.339. The first-order valence-electron chi connectivity index (χ1n) is 8.22. The Labute approximate surface area is 145 Å². The van der Waals surface area contributed by atoms with E-state index in [1.807, 2.05) is 6.07 Å². The van der Waals surface area contributed by atoms with Crippen molar-refractivity contribution < 1.29 is 15.0 Å². The molecule has 0 spiro atoms. The molecule has 3 nitrogen and oxygen atoms in total. The van der Waals surface area contributed by atoms with Gasteiger partial charge in [-0.3, -0.25) is 4.79 Å². The van der Waals surface area contributed by atoms with Crippen molar-refractivity contribution in [1.29, 1.82) is 0 Å². The summed E-state index contributed by atoms with van der Waals surface area (Å²) in [7, 11) is 0. The van der Waals surface area contributed by atoms with Crippen LogP contribution >= 0.6 is 15.9 Å². The van der Waals surface area contributed by atoms with E-state index in [4.69, 9.17) is 0 Å². The molecule has 2 aromatic carbocycles. The van der Waals surface area contributed by atoms with Gasteiger partial charge in [0.1, 0.15) is 0 Å². The summed E-state index contributed by atoms with van der Waals surface area (Å²) in [4.78, 5) is 12.4. The van der Waals surface area contributed by atoms with Crippen LogP contribution in [0.5, 0.6) is 11.5 Å². The van der Waals surface area contributed by atoms with E-state index in [9.17, 15) is 15.0 Å². The van der Waals surface area contributed by atoms with Crippen LogP contribution in [-0.4, -0.2) is 16.0 Å². The number of hydrogen-bond donors (Lipinski definition) is 2. The second-order valence-corrected chi connectivity index (χ2v) is 6.84. The Morgan fingerprint density at radius 1 is 1.00 bits per heavy atom. The van der Waals surface area contributed by atoms with Gasteiger partial charge in [-0.05, 0) is 36.1 Å². The van der Waals surface area contributed by atoms with Gasteiger partial charge in [-0.15, -0.1) is 0 Å². The molecule has 2 N–H and O–H groups in total. The zero-order valence-electron chi connectivity index (χ0n) is 13.4. The smallest absolute Gasteiger partial charge is 0.169 e. The Morgan fingerprint density at radius 3 is 2.43 bits per heavy atom. The highest BCUT2D eigenvalue weighted by Gasteiger charge is 2.17. The molecule has 0 saturated heterocycles. The van der Waals surface area contributed by atoms with Crippen LogP contribution in [0.4, 0.5) is 0 Å². The average Bonchev–Trinajstić information content (AvgIpc) is 2.53. The fourth-order valence-corrected chi connectivity index (χ4v) is 3.14. The molecule has 0 radical (unpaired) electrons. The number of benzene rings is 2.